The predicted octanol–water partition coefficient (Wildman–Crippen LogP) is 5.18. The summed E-state index contributed by atoms with van der Waals surface area (Å²) >= 11 is 0. The van der Waals surface area contributed by atoms with Crippen molar-refractivity contribution < 1.29 is 9.09 Å². The molecule has 0 bridgehead atoms. The highest BCUT2D eigenvalue weighted by Crippen LogP contribution is 2.58. The Morgan fingerprint density at radius 1 is 0.767 bits per heavy atom. The standard InChI is InChI=1S/C24H30N3O2P/c1-26(2)21-13-11-19(12-14-21)24(25-20-9-7-6-8-10-20)30(28,29-5)23-17-15-22(16-18-23)27(3)4/h6-18,24-25H,1-5H3/t24-,30+/m0/s1. The fourth-order valence-electron chi connectivity index (χ4n) is 3.33. The van der Waals surface area contributed by atoms with Crippen LogP contribution in [0.1, 0.15) is 11.3 Å². The Morgan fingerprint density at radius 3 is 1.73 bits per heavy atom. The molecule has 0 spiro atoms. The molecule has 3 rings (SSSR count). The maximum Gasteiger partial charge on any atom is 0.257 e. The Bertz CT molecular complexity index is 987. The van der Waals surface area contributed by atoms with Crippen LogP contribution in [0.3, 0.4) is 0 Å². The van der Waals surface area contributed by atoms with Gasteiger partial charge in [0.05, 0.1) is 0 Å². The van der Waals surface area contributed by atoms with E-state index < -0.39 is 13.2 Å². The van der Waals surface area contributed by atoms with E-state index in [0.29, 0.717) is 5.30 Å². The minimum Gasteiger partial charge on any atom is -0.378 e. The first-order chi connectivity index (χ1) is 14.3. The van der Waals surface area contributed by atoms with Crippen molar-refractivity contribution in [2.24, 2.45) is 0 Å². The van der Waals surface area contributed by atoms with Gasteiger partial charge in [0, 0.05) is 57.7 Å². The molecule has 0 saturated carbocycles. The molecule has 0 unspecified atom stereocenters. The number of para-hydroxylation sites is 1. The quantitative estimate of drug-likeness (QED) is 0.506. The van der Waals surface area contributed by atoms with E-state index in [1.165, 1.54) is 7.11 Å². The molecule has 30 heavy (non-hydrogen) atoms. The Balaban J connectivity index is 2.07. The summed E-state index contributed by atoms with van der Waals surface area (Å²) < 4.78 is 20.0. The minimum absolute atomic E-state index is 0.522. The molecule has 2 atom stereocenters. The van der Waals surface area contributed by atoms with Gasteiger partial charge in [0.1, 0.15) is 5.78 Å². The van der Waals surface area contributed by atoms with Gasteiger partial charge in [-0.15, -0.1) is 0 Å². The zero-order valence-electron chi connectivity index (χ0n) is 18.2. The van der Waals surface area contributed by atoms with E-state index >= 15 is 0 Å². The summed E-state index contributed by atoms with van der Waals surface area (Å²) in [7, 11) is 6.21. The highest BCUT2D eigenvalue weighted by atomic mass is 31.2. The second kappa shape index (κ2) is 9.38. The predicted molar refractivity (Wildman–Crippen MR) is 129 cm³/mol. The van der Waals surface area contributed by atoms with E-state index in [1.54, 1.807) is 0 Å². The van der Waals surface area contributed by atoms with Crippen LogP contribution in [0.4, 0.5) is 17.1 Å². The smallest absolute Gasteiger partial charge is 0.257 e. The van der Waals surface area contributed by atoms with Gasteiger partial charge in [0.2, 0.25) is 0 Å². The van der Waals surface area contributed by atoms with Crippen LogP contribution in [0.15, 0.2) is 78.9 Å². The van der Waals surface area contributed by atoms with Crippen LogP contribution < -0.4 is 20.4 Å². The fourth-order valence-corrected chi connectivity index (χ4v) is 5.50. The van der Waals surface area contributed by atoms with Crippen molar-refractivity contribution in [3.63, 3.8) is 0 Å². The van der Waals surface area contributed by atoms with E-state index in [-0.39, 0.29) is 0 Å². The number of hydrogen-bond acceptors (Lipinski definition) is 5. The van der Waals surface area contributed by atoms with Crippen LogP contribution >= 0.6 is 7.37 Å². The Morgan fingerprint density at radius 2 is 1.27 bits per heavy atom. The average Bonchev–Trinajstić information content (AvgIpc) is 2.78. The first-order valence-electron chi connectivity index (χ1n) is 9.87. The van der Waals surface area contributed by atoms with Crippen molar-refractivity contribution >= 4 is 29.7 Å². The van der Waals surface area contributed by atoms with Gasteiger partial charge < -0.3 is 19.6 Å². The molecule has 0 amide bonds. The van der Waals surface area contributed by atoms with Crippen LogP contribution in [0.2, 0.25) is 0 Å². The molecule has 0 aliphatic heterocycles. The molecule has 0 aliphatic rings. The Hall–Kier alpha value is -2.75. The SMILES string of the molecule is CO[P@](=O)(c1ccc(N(C)C)cc1)[C@H](Nc1ccccc1)c1ccc(N(C)C)cc1. The lowest BCUT2D eigenvalue weighted by Gasteiger charge is -2.29. The molecule has 0 saturated heterocycles. The zero-order valence-corrected chi connectivity index (χ0v) is 19.1. The molecular formula is C24H30N3O2P. The Labute approximate surface area is 179 Å². The number of nitrogens with one attached hydrogen (secondary N) is 1. The fraction of sp³-hybridized carbons (Fsp3) is 0.250. The number of rotatable bonds is 8. The van der Waals surface area contributed by atoms with Crippen molar-refractivity contribution in [1.82, 2.24) is 0 Å². The maximum absolute atomic E-state index is 14.3. The summed E-state index contributed by atoms with van der Waals surface area (Å²) in [6.45, 7) is 0. The largest absolute Gasteiger partial charge is 0.378 e. The molecule has 0 aliphatic carbocycles. The molecular weight excluding hydrogens is 393 g/mol. The third-order valence-electron chi connectivity index (χ3n) is 5.14. The summed E-state index contributed by atoms with van der Waals surface area (Å²) in [5, 5.41) is 4.14. The normalized spacial score (nSPS) is 13.9. The summed E-state index contributed by atoms with van der Waals surface area (Å²) in [6.07, 6.45) is 0. The number of hydrogen-bond donors (Lipinski definition) is 1. The maximum atomic E-state index is 14.3. The molecule has 3 aromatic carbocycles. The van der Waals surface area contributed by atoms with E-state index in [1.807, 2.05) is 117 Å². The highest BCUT2D eigenvalue weighted by molar-refractivity contribution is 7.67. The summed E-state index contributed by atoms with van der Waals surface area (Å²) in [5.41, 5.74) is 3.93. The first-order valence-corrected chi connectivity index (χ1v) is 11.6. The molecule has 5 nitrogen and oxygen atoms in total. The van der Waals surface area contributed by atoms with Gasteiger partial charge in [-0.3, -0.25) is 4.57 Å². The third kappa shape index (κ3) is 4.69. The lowest BCUT2D eigenvalue weighted by Crippen LogP contribution is -2.20. The Kier molecular flexibility index (Phi) is 6.86. The van der Waals surface area contributed by atoms with Crippen molar-refractivity contribution in [2.75, 3.05) is 50.4 Å². The molecule has 3 aromatic rings. The molecule has 0 fully saturated rings. The minimum atomic E-state index is -3.28. The molecule has 0 aromatic heterocycles. The lowest BCUT2D eigenvalue weighted by molar-refractivity contribution is 0.396. The van der Waals surface area contributed by atoms with Crippen molar-refractivity contribution in [3.05, 3.63) is 84.4 Å². The average molecular weight is 423 g/mol. The van der Waals surface area contributed by atoms with Gasteiger partial charge >= 0.3 is 0 Å². The monoisotopic (exact) mass is 423 g/mol. The van der Waals surface area contributed by atoms with Crippen molar-refractivity contribution in [1.29, 1.82) is 0 Å². The zero-order chi connectivity index (χ0) is 21.7. The van der Waals surface area contributed by atoms with E-state index in [9.17, 15) is 4.57 Å². The third-order valence-corrected chi connectivity index (χ3v) is 7.81. The molecule has 0 radical (unpaired) electrons. The van der Waals surface area contributed by atoms with Gasteiger partial charge in [-0.2, -0.15) is 0 Å². The second-order valence-corrected chi connectivity index (χ2v) is 10.2. The van der Waals surface area contributed by atoms with Crippen molar-refractivity contribution in [2.45, 2.75) is 5.78 Å². The second-order valence-electron chi connectivity index (χ2n) is 7.59. The number of anilines is 3. The van der Waals surface area contributed by atoms with E-state index in [4.69, 9.17) is 4.52 Å². The molecule has 0 heterocycles. The number of nitrogens with zero attached hydrogens (tertiary/aromatic N) is 2. The highest BCUT2D eigenvalue weighted by Gasteiger charge is 2.37. The van der Waals surface area contributed by atoms with Gasteiger partial charge in [-0.05, 0) is 54.1 Å². The van der Waals surface area contributed by atoms with E-state index in [0.717, 1.165) is 22.6 Å². The van der Waals surface area contributed by atoms with Gasteiger partial charge in [-0.25, -0.2) is 0 Å². The van der Waals surface area contributed by atoms with Gasteiger partial charge in [0.15, 0.2) is 0 Å². The van der Waals surface area contributed by atoms with Gasteiger partial charge in [0.25, 0.3) is 7.37 Å². The summed E-state index contributed by atoms with van der Waals surface area (Å²) in [6, 6.07) is 25.6. The molecule has 158 valence electrons. The van der Waals surface area contributed by atoms with Crippen LogP contribution in [-0.2, 0) is 9.09 Å². The topological polar surface area (TPSA) is 44.8 Å². The van der Waals surface area contributed by atoms with E-state index in [2.05, 4.69) is 5.32 Å². The van der Waals surface area contributed by atoms with Crippen LogP contribution in [-0.4, -0.2) is 35.3 Å². The summed E-state index contributed by atoms with van der Waals surface area (Å²) in [4.78, 5) is 4.06. The summed E-state index contributed by atoms with van der Waals surface area (Å²) in [5.74, 6) is -0.522. The molecule has 6 heteroatoms. The number of benzene rings is 3. The first kappa shape index (κ1) is 21.9. The van der Waals surface area contributed by atoms with Gasteiger partial charge in [-0.1, -0.05) is 30.3 Å². The van der Waals surface area contributed by atoms with Crippen LogP contribution in [0.25, 0.3) is 0 Å². The lowest BCUT2D eigenvalue weighted by atomic mass is 10.2. The molecule has 1 N–H and O–H groups in total. The van der Waals surface area contributed by atoms with Crippen LogP contribution in [0, 0.1) is 0 Å². The van der Waals surface area contributed by atoms with Crippen molar-refractivity contribution in [3.8, 4) is 0 Å². The van der Waals surface area contributed by atoms with Crippen LogP contribution in [0.5, 0.6) is 0 Å².